The molecule has 0 saturated heterocycles. The number of aliphatic hydroxyl groups excluding tert-OH is 1. The third kappa shape index (κ3) is 4.53. The summed E-state index contributed by atoms with van der Waals surface area (Å²) >= 11 is 1.72. The highest BCUT2D eigenvalue weighted by Crippen LogP contribution is 2.32. The van der Waals surface area contributed by atoms with Crippen LogP contribution in [0, 0.1) is 0 Å². The van der Waals surface area contributed by atoms with Crippen molar-refractivity contribution < 1.29 is 5.11 Å². The lowest BCUT2D eigenvalue weighted by atomic mass is 10.2. The molecular weight excluding hydrogens is 290 g/mol. The highest BCUT2D eigenvalue weighted by molar-refractivity contribution is 7.99. The normalized spacial score (nSPS) is 10.1. The van der Waals surface area contributed by atoms with Crippen LogP contribution in [0.4, 0.5) is 0 Å². The van der Waals surface area contributed by atoms with Gasteiger partial charge in [0.25, 0.3) is 0 Å². The zero-order valence-electron chi connectivity index (χ0n) is 11.5. The lowest BCUT2D eigenvalue weighted by molar-refractivity contribution is 0.279. The van der Waals surface area contributed by atoms with E-state index in [0.717, 1.165) is 23.5 Å². The Hall–Kier alpha value is -1.00. The minimum Gasteiger partial charge on any atom is -0.392 e. The summed E-state index contributed by atoms with van der Waals surface area (Å²) in [5.74, 6) is 0. The summed E-state index contributed by atoms with van der Waals surface area (Å²) in [6, 6.07) is 16.4. The summed E-state index contributed by atoms with van der Waals surface area (Å²) in [6.07, 6.45) is 0. The maximum absolute atomic E-state index is 9.38. The standard InChI is InChI=1S/C16H19NOS.ClH/c1-2-17-11-13-7-3-5-9-15(13)19-16-10-6-4-8-14(16)12-18;/h3-10,17-18H,2,11-12H2,1H3;1H. The quantitative estimate of drug-likeness (QED) is 0.850. The van der Waals surface area contributed by atoms with E-state index in [1.165, 1.54) is 10.5 Å². The summed E-state index contributed by atoms with van der Waals surface area (Å²) in [5, 5.41) is 12.7. The van der Waals surface area contributed by atoms with Crippen molar-refractivity contribution in [1.82, 2.24) is 5.32 Å². The van der Waals surface area contributed by atoms with Crippen LogP contribution in [0.15, 0.2) is 58.3 Å². The van der Waals surface area contributed by atoms with Crippen LogP contribution in [-0.4, -0.2) is 11.7 Å². The molecule has 0 spiro atoms. The number of nitrogens with one attached hydrogen (secondary N) is 1. The van der Waals surface area contributed by atoms with E-state index >= 15 is 0 Å². The Bertz CT molecular complexity index is 533. The van der Waals surface area contributed by atoms with Gasteiger partial charge in [-0.2, -0.15) is 0 Å². The van der Waals surface area contributed by atoms with Crippen LogP contribution in [0.3, 0.4) is 0 Å². The Kier molecular flexibility index (Phi) is 7.70. The fourth-order valence-electron chi connectivity index (χ4n) is 1.86. The Morgan fingerprint density at radius 2 is 1.50 bits per heavy atom. The van der Waals surface area contributed by atoms with Gasteiger partial charge in [0, 0.05) is 16.3 Å². The molecule has 0 fully saturated rings. The number of halogens is 1. The van der Waals surface area contributed by atoms with E-state index in [4.69, 9.17) is 0 Å². The lowest BCUT2D eigenvalue weighted by Crippen LogP contribution is -2.12. The number of aliphatic hydroxyl groups is 1. The van der Waals surface area contributed by atoms with Crippen LogP contribution in [-0.2, 0) is 13.2 Å². The summed E-state index contributed by atoms with van der Waals surface area (Å²) < 4.78 is 0. The average molecular weight is 310 g/mol. The summed E-state index contributed by atoms with van der Waals surface area (Å²) in [6.45, 7) is 4.03. The predicted octanol–water partition coefficient (Wildman–Crippen LogP) is 3.86. The summed E-state index contributed by atoms with van der Waals surface area (Å²) in [7, 11) is 0. The molecule has 108 valence electrons. The van der Waals surface area contributed by atoms with Crippen LogP contribution in [0.2, 0.25) is 0 Å². The van der Waals surface area contributed by atoms with Gasteiger partial charge in [-0.1, -0.05) is 55.1 Å². The Balaban J connectivity index is 0.00000200. The van der Waals surface area contributed by atoms with E-state index in [1.807, 2.05) is 18.2 Å². The molecule has 4 heteroatoms. The minimum atomic E-state index is 0. The van der Waals surface area contributed by atoms with Crippen molar-refractivity contribution in [1.29, 1.82) is 0 Å². The van der Waals surface area contributed by atoms with Crippen molar-refractivity contribution in [3.8, 4) is 0 Å². The van der Waals surface area contributed by atoms with Gasteiger partial charge in [0.05, 0.1) is 6.61 Å². The molecule has 0 radical (unpaired) electrons. The summed E-state index contributed by atoms with van der Waals surface area (Å²) in [4.78, 5) is 2.36. The molecule has 0 aliphatic carbocycles. The first-order chi connectivity index (χ1) is 9.35. The zero-order chi connectivity index (χ0) is 13.5. The van der Waals surface area contributed by atoms with Crippen LogP contribution >= 0.6 is 24.2 Å². The minimum absolute atomic E-state index is 0. The first-order valence-electron chi connectivity index (χ1n) is 6.50. The molecule has 0 aliphatic rings. The van der Waals surface area contributed by atoms with Crippen molar-refractivity contribution in [2.24, 2.45) is 0 Å². The van der Waals surface area contributed by atoms with E-state index < -0.39 is 0 Å². The van der Waals surface area contributed by atoms with Gasteiger partial charge in [0.1, 0.15) is 0 Å². The smallest absolute Gasteiger partial charge is 0.0692 e. The van der Waals surface area contributed by atoms with Crippen molar-refractivity contribution in [2.75, 3.05) is 6.54 Å². The van der Waals surface area contributed by atoms with E-state index in [0.29, 0.717) is 0 Å². The number of hydrogen-bond donors (Lipinski definition) is 2. The molecule has 20 heavy (non-hydrogen) atoms. The number of rotatable bonds is 6. The molecule has 2 N–H and O–H groups in total. The average Bonchev–Trinajstić information content (AvgIpc) is 2.47. The molecule has 2 nitrogen and oxygen atoms in total. The first kappa shape index (κ1) is 17.1. The first-order valence-corrected chi connectivity index (χ1v) is 7.32. The molecule has 0 atom stereocenters. The van der Waals surface area contributed by atoms with E-state index in [-0.39, 0.29) is 19.0 Å². The van der Waals surface area contributed by atoms with Gasteiger partial charge in [-0.15, -0.1) is 12.4 Å². The SMILES string of the molecule is CCNCc1ccccc1Sc1ccccc1CO.Cl. The molecule has 0 saturated carbocycles. The monoisotopic (exact) mass is 309 g/mol. The Labute approximate surface area is 131 Å². The van der Waals surface area contributed by atoms with Crippen LogP contribution in [0.25, 0.3) is 0 Å². The van der Waals surface area contributed by atoms with Gasteiger partial charge < -0.3 is 10.4 Å². The van der Waals surface area contributed by atoms with Gasteiger partial charge in [0.15, 0.2) is 0 Å². The maximum Gasteiger partial charge on any atom is 0.0692 e. The molecule has 0 amide bonds. The van der Waals surface area contributed by atoms with Gasteiger partial charge in [-0.3, -0.25) is 0 Å². The topological polar surface area (TPSA) is 32.3 Å². The zero-order valence-corrected chi connectivity index (χ0v) is 13.1. The molecule has 2 aromatic carbocycles. The van der Waals surface area contributed by atoms with E-state index in [2.05, 4.69) is 42.6 Å². The Morgan fingerprint density at radius 1 is 0.950 bits per heavy atom. The lowest BCUT2D eigenvalue weighted by Gasteiger charge is -2.11. The van der Waals surface area contributed by atoms with Gasteiger partial charge >= 0.3 is 0 Å². The van der Waals surface area contributed by atoms with Crippen LogP contribution < -0.4 is 5.32 Å². The van der Waals surface area contributed by atoms with Crippen LogP contribution in [0.1, 0.15) is 18.1 Å². The molecule has 2 rings (SSSR count). The molecular formula is C16H20ClNOS. The second kappa shape index (κ2) is 9.03. The molecule has 0 aliphatic heterocycles. The van der Waals surface area contributed by atoms with Crippen molar-refractivity contribution in [3.63, 3.8) is 0 Å². The molecule has 0 bridgehead atoms. The Morgan fingerprint density at radius 3 is 2.10 bits per heavy atom. The second-order valence-electron chi connectivity index (χ2n) is 4.26. The fourth-order valence-corrected chi connectivity index (χ4v) is 2.93. The predicted molar refractivity (Wildman–Crippen MR) is 87.6 cm³/mol. The van der Waals surface area contributed by atoms with Gasteiger partial charge in [-0.25, -0.2) is 0 Å². The maximum atomic E-state index is 9.38. The molecule has 0 heterocycles. The van der Waals surface area contributed by atoms with E-state index in [1.54, 1.807) is 11.8 Å². The number of hydrogen-bond acceptors (Lipinski definition) is 3. The highest BCUT2D eigenvalue weighted by Gasteiger charge is 2.06. The highest BCUT2D eigenvalue weighted by atomic mass is 35.5. The molecule has 2 aromatic rings. The van der Waals surface area contributed by atoms with Crippen LogP contribution in [0.5, 0.6) is 0 Å². The third-order valence-electron chi connectivity index (χ3n) is 2.90. The van der Waals surface area contributed by atoms with Crippen molar-refractivity contribution in [3.05, 3.63) is 59.7 Å². The van der Waals surface area contributed by atoms with Crippen molar-refractivity contribution in [2.45, 2.75) is 29.9 Å². The van der Waals surface area contributed by atoms with Crippen molar-refractivity contribution >= 4 is 24.2 Å². The molecule has 0 aromatic heterocycles. The molecule has 0 unspecified atom stereocenters. The second-order valence-corrected chi connectivity index (χ2v) is 5.34. The fraction of sp³-hybridized carbons (Fsp3) is 0.250. The largest absolute Gasteiger partial charge is 0.392 e. The number of benzene rings is 2. The van der Waals surface area contributed by atoms with E-state index in [9.17, 15) is 5.11 Å². The van der Waals surface area contributed by atoms with Gasteiger partial charge in [0.2, 0.25) is 0 Å². The van der Waals surface area contributed by atoms with Gasteiger partial charge in [-0.05, 0) is 29.8 Å². The third-order valence-corrected chi connectivity index (χ3v) is 4.14. The summed E-state index contributed by atoms with van der Waals surface area (Å²) in [5.41, 5.74) is 2.27.